The number of fused-ring (bicyclic) bond motifs is 1. The van der Waals surface area contributed by atoms with Gasteiger partial charge in [0.05, 0.1) is 0 Å². The van der Waals surface area contributed by atoms with E-state index in [4.69, 9.17) is 0 Å². The molecule has 1 fully saturated rings. The number of benzene rings is 1. The average Bonchev–Trinajstić information content (AvgIpc) is 3.17. The van der Waals surface area contributed by atoms with Gasteiger partial charge in [-0.1, -0.05) is 6.07 Å². The Balaban J connectivity index is 1.41. The van der Waals surface area contributed by atoms with Crippen LogP contribution in [0, 0.1) is 13.8 Å². The lowest BCUT2D eigenvalue weighted by molar-refractivity contribution is -0.116. The summed E-state index contributed by atoms with van der Waals surface area (Å²) in [5.41, 5.74) is 4.98. The molecular weight excluding hydrogens is 352 g/mol. The maximum Gasteiger partial charge on any atom is 0.252 e. The van der Waals surface area contributed by atoms with Crippen molar-refractivity contribution >= 4 is 23.1 Å². The van der Waals surface area contributed by atoms with Gasteiger partial charge in [-0.15, -0.1) is 0 Å². The minimum absolute atomic E-state index is 0.00767. The second-order valence-electron chi connectivity index (χ2n) is 7.38. The van der Waals surface area contributed by atoms with Gasteiger partial charge in [0.2, 0.25) is 5.91 Å². The van der Waals surface area contributed by atoms with Crippen LogP contribution < -0.4 is 10.2 Å². The van der Waals surface area contributed by atoms with Gasteiger partial charge in [0.15, 0.2) is 0 Å². The molecule has 1 aliphatic rings. The van der Waals surface area contributed by atoms with Crippen LogP contribution in [0.3, 0.4) is 0 Å². The summed E-state index contributed by atoms with van der Waals surface area (Å²) in [6, 6.07) is 8.15. The van der Waals surface area contributed by atoms with Gasteiger partial charge in [0, 0.05) is 42.3 Å². The molecular formula is C21H26N6O. The van der Waals surface area contributed by atoms with Gasteiger partial charge in [-0.25, -0.2) is 9.50 Å². The molecule has 4 rings (SSSR count). The summed E-state index contributed by atoms with van der Waals surface area (Å²) < 4.78 is 1.72. The van der Waals surface area contributed by atoms with Crippen molar-refractivity contribution in [2.75, 3.05) is 23.3 Å². The maximum absolute atomic E-state index is 12.5. The van der Waals surface area contributed by atoms with Gasteiger partial charge >= 0.3 is 0 Å². The van der Waals surface area contributed by atoms with Gasteiger partial charge in [-0.3, -0.25) is 4.79 Å². The van der Waals surface area contributed by atoms with E-state index in [1.165, 1.54) is 31.3 Å². The first-order valence-electron chi connectivity index (χ1n) is 9.92. The molecule has 0 radical (unpaired) electrons. The number of aryl methyl sites for hydroxylation is 2. The summed E-state index contributed by atoms with van der Waals surface area (Å²) in [6.45, 7) is 6.13. The first-order chi connectivity index (χ1) is 13.6. The Kier molecular flexibility index (Phi) is 5.23. The first kappa shape index (κ1) is 18.4. The van der Waals surface area contributed by atoms with Crippen LogP contribution in [-0.4, -0.2) is 38.6 Å². The van der Waals surface area contributed by atoms with Gasteiger partial charge in [-0.2, -0.15) is 10.1 Å². The molecule has 7 heteroatoms. The molecule has 0 saturated carbocycles. The van der Waals surface area contributed by atoms with Gasteiger partial charge in [-0.05, 0) is 63.3 Å². The fraction of sp³-hybridized carbons (Fsp3) is 0.429. The van der Waals surface area contributed by atoms with Gasteiger partial charge < -0.3 is 10.2 Å². The van der Waals surface area contributed by atoms with Gasteiger partial charge in [0.25, 0.3) is 5.78 Å². The Hall–Kier alpha value is -2.96. The van der Waals surface area contributed by atoms with Crippen molar-refractivity contribution in [3.05, 3.63) is 47.5 Å². The highest BCUT2D eigenvalue weighted by atomic mass is 16.1. The van der Waals surface area contributed by atoms with E-state index in [2.05, 4.69) is 37.4 Å². The molecule has 0 unspecified atom stereocenters. The van der Waals surface area contributed by atoms with E-state index in [9.17, 15) is 4.79 Å². The van der Waals surface area contributed by atoms with Gasteiger partial charge in [0.1, 0.15) is 6.33 Å². The largest absolute Gasteiger partial charge is 0.371 e. The third-order valence-electron chi connectivity index (χ3n) is 5.44. The molecule has 1 aromatic carbocycles. The number of piperidine rings is 1. The van der Waals surface area contributed by atoms with Crippen LogP contribution in [0.5, 0.6) is 0 Å². The molecule has 0 bridgehead atoms. The number of amides is 1. The van der Waals surface area contributed by atoms with Crippen molar-refractivity contribution in [3.8, 4) is 0 Å². The molecule has 146 valence electrons. The Morgan fingerprint density at radius 2 is 2.00 bits per heavy atom. The third kappa shape index (κ3) is 3.83. The topological polar surface area (TPSA) is 75.4 Å². The second-order valence-corrected chi connectivity index (χ2v) is 7.38. The standard InChI is InChI=1S/C21H26N6O/c1-15-19(16(2)27-21(24-15)22-14-23-27)9-10-20(28)25-17-7-6-8-18(13-17)26-11-4-3-5-12-26/h6-8,13-14H,3-5,9-12H2,1-2H3,(H,25,28). The van der Waals surface area contributed by atoms with Crippen molar-refractivity contribution in [2.24, 2.45) is 0 Å². The molecule has 1 aliphatic heterocycles. The summed E-state index contributed by atoms with van der Waals surface area (Å²) in [5.74, 6) is 0.603. The van der Waals surface area contributed by atoms with Crippen LogP contribution in [0.15, 0.2) is 30.6 Å². The second kappa shape index (κ2) is 7.96. The summed E-state index contributed by atoms with van der Waals surface area (Å²) in [5, 5.41) is 7.25. The monoisotopic (exact) mass is 378 g/mol. The lowest BCUT2D eigenvalue weighted by Crippen LogP contribution is -2.29. The van der Waals surface area contributed by atoms with E-state index in [-0.39, 0.29) is 5.91 Å². The Morgan fingerprint density at radius 3 is 2.82 bits per heavy atom. The van der Waals surface area contributed by atoms with Crippen LogP contribution in [0.2, 0.25) is 0 Å². The number of nitrogens with one attached hydrogen (secondary N) is 1. The molecule has 1 saturated heterocycles. The van der Waals surface area contributed by atoms with E-state index in [1.54, 1.807) is 4.52 Å². The molecule has 0 atom stereocenters. The fourth-order valence-electron chi connectivity index (χ4n) is 3.91. The van der Waals surface area contributed by atoms with E-state index in [0.29, 0.717) is 18.6 Å². The highest BCUT2D eigenvalue weighted by molar-refractivity contribution is 5.91. The van der Waals surface area contributed by atoms with Crippen LogP contribution in [-0.2, 0) is 11.2 Å². The zero-order valence-corrected chi connectivity index (χ0v) is 16.5. The number of nitrogens with zero attached hydrogens (tertiary/aromatic N) is 5. The predicted octanol–water partition coefficient (Wildman–Crippen LogP) is 3.30. The van der Waals surface area contributed by atoms with E-state index < -0.39 is 0 Å². The third-order valence-corrected chi connectivity index (χ3v) is 5.44. The number of carbonyl (C=O) groups is 1. The highest BCUT2D eigenvalue weighted by Crippen LogP contribution is 2.23. The molecule has 3 aromatic rings. The minimum Gasteiger partial charge on any atom is -0.371 e. The molecule has 1 N–H and O–H groups in total. The lowest BCUT2D eigenvalue weighted by atomic mass is 10.1. The Bertz CT molecular complexity index is 990. The summed E-state index contributed by atoms with van der Waals surface area (Å²) in [4.78, 5) is 23.5. The van der Waals surface area contributed by atoms with Crippen LogP contribution in [0.1, 0.15) is 42.6 Å². The molecule has 7 nitrogen and oxygen atoms in total. The van der Waals surface area contributed by atoms with Crippen molar-refractivity contribution in [2.45, 2.75) is 46.0 Å². The van der Waals surface area contributed by atoms with Crippen LogP contribution >= 0.6 is 0 Å². The normalized spacial score (nSPS) is 14.4. The molecule has 0 aliphatic carbocycles. The lowest BCUT2D eigenvalue weighted by Gasteiger charge is -2.29. The number of rotatable bonds is 5. The minimum atomic E-state index is 0.00767. The van der Waals surface area contributed by atoms with E-state index >= 15 is 0 Å². The maximum atomic E-state index is 12.5. The molecule has 0 spiro atoms. The summed E-state index contributed by atoms with van der Waals surface area (Å²) in [6.07, 6.45) is 6.30. The van der Waals surface area contributed by atoms with Crippen LogP contribution in [0.4, 0.5) is 11.4 Å². The number of aromatic nitrogens is 4. The number of carbonyl (C=O) groups excluding carboxylic acids is 1. The molecule has 3 heterocycles. The number of hydrogen-bond donors (Lipinski definition) is 1. The van der Waals surface area contributed by atoms with Crippen molar-refractivity contribution < 1.29 is 4.79 Å². The quantitative estimate of drug-likeness (QED) is 0.737. The van der Waals surface area contributed by atoms with E-state index in [0.717, 1.165) is 35.7 Å². The summed E-state index contributed by atoms with van der Waals surface area (Å²) in [7, 11) is 0. The smallest absolute Gasteiger partial charge is 0.252 e. The molecule has 1 amide bonds. The number of hydrogen-bond acceptors (Lipinski definition) is 5. The zero-order valence-electron chi connectivity index (χ0n) is 16.5. The Labute approximate surface area is 164 Å². The van der Waals surface area contributed by atoms with Crippen molar-refractivity contribution in [3.63, 3.8) is 0 Å². The van der Waals surface area contributed by atoms with Crippen LogP contribution in [0.25, 0.3) is 5.78 Å². The number of anilines is 2. The first-order valence-corrected chi connectivity index (χ1v) is 9.92. The molecule has 28 heavy (non-hydrogen) atoms. The van der Waals surface area contributed by atoms with Crippen molar-refractivity contribution in [1.82, 2.24) is 19.6 Å². The molecule has 2 aromatic heterocycles. The fourth-order valence-corrected chi connectivity index (χ4v) is 3.91. The summed E-state index contributed by atoms with van der Waals surface area (Å²) >= 11 is 0. The Morgan fingerprint density at radius 1 is 1.18 bits per heavy atom. The predicted molar refractivity (Wildman–Crippen MR) is 110 cm³/mol. The SMILES string of the molecule is Cc1nc2ncnn2c(C)c1CCC(=O)Nc1cccc(N2CCCCC2)c1. The van der Waals surface area contributed by atoms with E-state index in [1.807, 2.05) is 26.0 Å². The zero-order chi connectivity index (χ0) is 19.5. The average molecular weight is 378 g/mol. The highest BCUT2D eigenvalue weighted by Gasteiger charge is 2.14. The van der Waals surface area contributed by atoms with Crippen molar-refractivity contribution in [1.29, 1.82) is 0 Å².